The molecule has 0 saturated heterocycles. The third kappa shape index (κ3) is 3.35. The first-order valence-electron chi connectivity index (χ1n) is 12.4. The first-order chi connectivity index (χ1) is 17.4. The number of benzene rings is 2. The van der Waals surface area contributed by atoms with Crippen molar-refractivity contribution in [2.45, 2.75) is 38.1 Å². The number of ether oxygens (including phenoxy) is 2. The molecule has 0 N–H and O–H groups in total. The van der Waals surface area contributed by atoms with Gasteiger partial charge in [0.2, 0.25) is 5.91 Å². The Bertz CT molecular complexity index is 1410. The number of carbonyl (C=O) groups is 1. The molecule has 3 aliphatic heterocycles. The van der Waals surface area contributed by atoms with Gasteiger partial charge in [0.25, 0.3) is 0 Å². The summed E-state index contributed by atoms with van der Waals surface area (Å²) in [6.07, 6.45) is 10.1. The maximum Gasteiger partial charge on any atom is 0.245 e. The van der Waals surface area contributed by atoms with Gasteiger partial charge in [-0.3, -0.25) is 14.8 Å². The van der Waals surface area contributed by atoms with Gasteiger partial charge in [-0.05, 0) is 56.2 Å². The van der Waals surface area contributed by atoms with Crippen molar-refractivity contribution in [3.8, 4) is 22.6 Å². The van der Waals surface area contributed by atoms with Crippen molar-refractivity contribution in [1.29, 1.82) is 0 Å². The molecule has 3 aromatic rings. The summed E-state index contributed by atoms with van der Waals surface area (Å²) in [5.41, 5.74) is 4.51. The highest BCUT2D eigenvalue weighted by molar-refractivity contribution is 6.13. The molecule has 1 unspecified atom stereocenters. The van der Waals surface area contributed by atoms with E-state index in [4.69, 9.17) is 14.5 Å². The van der Waals surface area contributed by atoms with Crippen LogP contribution in [-0.2, 0) is 16.6 Å². The van der Waals surface area contributed by atoms with E-state index >= 15 is 0 Å². The number of pyridine rings is 1. The standard InChI is InChI=1S/C30H29N3O3/c1-4-5-13-32-29(2,3)18-33-24-10-6-9-22(21-8-7-12-31-17-21)27(24)30(28(33)34)19-36-26-16-25-20(11-14-35-25)15-23(26)30/h4-10,12-13,15-17H,11,14,18-19H2,1-3H3/b5-4-,32-13-. The number of anilines is 1. The van der Waals surface area contributed by atoms with Crippen LogP contribution in [0.3, 0.4) is 0 Å². The number of fused-ring (bicyclic) bond motifs is 5. The number of allylic oxidation sites excluding steroid dienone is 2. The summed E-state index contributed by atoms with van der Waals surface area (Å²) in [4.78, 5) is 25.6. The summed E-state index contributed by atoms with van der Waals surface area (Å²) in [6.45, 7) is 7.43. The summed E-state index contributed by atoms with van der Waals surface area (Å²) in [6, 6.07) is 14.2. The maximum atomic E-state index is 14.6. The van der Waals surface area contributed by atoms with Gasteiger partial charge < -0.3 is 14.4 Å². The first kappa shape index (κ1) is 22.5. The Hall–Kier alpha value is -3.93. The zero-order valence-electron chi connectivity index (χ0n) is 20.8. The fourth-order valence-electron chi connectivity index (χ4n) is 5.65. The molecule has 1 spiro atoms. The monoisotopic (exact) mass is 479 g/mol. The van der Waals surface area contributed by atoms with E-state index in [2.05, 4.69) is 31.0 Å². The molecule has 6 nitrogen and oxygen atoms in total. The van der Waals surface area contributed by atoms with E-state index in [0.717, 1.165) is 51.4 Å². The third-order valence-corrected chi connectivity index (χ3v) is 7.29. The van der Waals surface area contributed by atoms with Crippen LogP contribution in [0.15, 0.2) is 72.0 Å². The summed E-state index contributed by atoms with van der Waals surface area (Å²) >= 11 is 0. The van der Waals surface area contributed by atoms with Crippen LogP contribution in [0.4, 0.5) is 5.69 Å². The SMILES string of the molecule is C/C=C\C=N/C(C)(C)CN1C(=O)C2(COc3cc4c(cc32)CCO4)c2c(-c3cccnc3)cccc21. The zero-order valence-corrected chi connectivity index (χ0v) is 20.8. The number of nitrogens with zero attached hydrogens (tertiary/aromatic N) is 3. The average molecular weight is 480 g/mol. The molecule has 2 aromatic carbocycles. The van der Waals surface area contributed by atoms with Crippen molar-refractivity contribution in [2.75, 3.05) is 24.7 Å². The highest BCUT2D eigenvalue weighted by Crippen LogP contribution is 2.56. The van der Waals surface area contributed by atoms with Gasteiger partial charge in [0.1, 0.15) is 23.5 Å². The Labute approximate surface area is 211 Å². The number of amides is 1. The van der Waals surface area contributed by atoms with Crippen LogP contribution in [-0.4, -0.2) is 42.4 Å². The molecule has 6 rings (SSSR count). The van der Waals surface area contributed by atoms with Crippen LogP contribution in [0.5, 0.6) is 11.5 Å². The highest BCUT2D eigenvalue weighted by atomic mass is 16.5. The molecule has 1 atom stereocenters. The molecule has 4 heterocycles. The molecule has 0 radical (unpaired) electrons. The normalized spacial score (nSPS) is 20.2. The van der Waals surface area contributed by atoms with E-state index in [0.29, 0.717) is 13.2 Å². The van der Waals surface area contributed by atoms with Gasteiger partial charge in [-0.25, -0.2) is 0 Å². The van der Waals surface area contributed by atoms with Gasteiger partial charge in [0, 0.05) is 53.5 Å². The number of rotatable bonds is 5. The molecular weight excluding hydrogens is 450 g/mol. The smallest absolute Gasteiger partial charge is 0.245 e. The van der Waals surface area contributed by atoms with Crippen LogP contribution < -0.4 is 14.4 Å². The molecule has 0 fully saturated rings. The molecular formula is C30H29N3O3. The molecule has 0 aliphatic carbocycles. The van der Waals surface area contributed by atoms with Crippen molar-refractivity contribution >= 4 is 17.8 Å². The van der Waals surface area contributed by atoms with Gasteiger partial charge in [0.15, 0.2) is 0 Å². The topological polar surface area (TPSA) is 64.0 Å². The molecule has 3 aliphatic rings. The number of aliphatic imine (C=N–C) groups is 1. The van der Waals surface area contributed by atoms with E-state index < -0.39 is 11.0 Å². The zero-order chi connectivity index (χ0) is 24.9. The number of hydrogen-bond donors (Lipinski definition) is 0. The van der Waals surface area contributed by atoms with Crippen molar-refractivity contribution in [2.24, 2.45) is 4.99 Å². The second kappa shape index (κ2) is 8.33. The van der Waals surface area contributed by atoms with Gasteiger partial charge in [-0.2, -0.15) is 0 Å². The summed E-state index contributed by atoms with van der Waals surface area (Å²) in [7, 11) is 0. The fraction of sp³-hybridized carbons (Fsp3) is 0.300. The molecule has 6 heteroatoms. The molecule has 1 amide bonds. The van der Waals surface area contributed by atoms with Crippen molar-refractivity contribution in [3.05, 3.63) is 83.7 Å². The predicted molar refractivity (Wildman–Crippen MR) is 141 cm³/mol. The fourth-order valence-corrected chi connectivity index (χ4v) is 5.65. The van der Waals surface area contributed by atoms with E-state index in [9.17, 15) is 4.79 Å². The summed E-state index contributed by atoms with van der Waals surface area (Å²) in [5, 5.41) is 0. The van der Waals surface area contributed by atoms with E-state index in [1.165, 1.54) is 0 Å². The van der Waals surface area contributed by atoms with Gasteiger partial charge >= 0.3 is 0 Å². The largest absolute Gasteiger partial charge is 0.493 e. The lowest BCUT2D eigenvalue weighted by Crippen LogP contribution is -2.47. The minimum absolute atomic E-state index is 0.0285. The number of hydrogen-bond acceptors (Lipinski definition) is 5. The summed E-state index contributed by atoms with van der Waals surface area (Å²) < 4.78 is 12.0. The maximum absolute atomic E-state index is 14.6. The second-order valence-electron chi connectivity index (χ2n) is 10.2. The Morgan fingerprint density at radius 2 is 2.06 bits per heavy atom. The van der Waals surface area contributed by atoms with Crippen LogP contribution >= 0.6 is 0 Å². The Kier molecular flexibility index (Phi) is 5.21. The minimum atomic E-state index is -0.933. The van der Waals surface area contributed by atoms with Crippen molar-refractivity contribution in [3.63, 3.8) is 0 Å². The quantitative estimate of drug-likeness (QED) is 0.476. The lowest BCUT2D eigenvalue weighted by atomic mass is 9.74. The van der Waals surface area contributed by atoms with E-state index in [1.54, 1.807) is 12.4 Å². The van der Waals surface area contributed by atoms with Gasteiger partial charge in [-0.15, -0.1) is 0 Å². The highest BCUT2D eigenvalue weighted by Gasteiger charge is 2.58. The second-order valence-corrected chi connectivity index (χ2v) is 10.2. The lowest BCUT2D eigenvalue weighted by molar-refractivity contribution is -0.122. The van der Waals surface area contributed by atoms with E-state index in [-0.39, 0.29) is 12.5 Å². The average Bonchev–Trinajstić information content (AvgIpc) is 3.55. The van der Waals surface area contributed by atoms with Crippen LogP contribution in [0.2, 0.25) is 0 Å². The third-order valence-electron chi connectivity index (χ3n) is 7.29. The minimum Gasteiger partial charge on any atom is -0.493 e. The van der Waals surface area contributed by atoms with Crippen LogP contribution in [0, 0.1) is 0 Å². The van der Waals surface area contributed by atoms with Crippen molar-refractivity contribution in [1.82, 2.24) is 4.98 Å². The number of aromatic nitrogens is 1. The van der Waals surface area contributed by atoms with E-state index in [1.807, 2.05) is 60.5 Å². The Balaban J connectivity index is 1.56. The predicted octanol–water partition coefficient (Wildman–Crippen LogP) is 5.13. The summed E-state index contributed by atoms with van der Waals surface area (Å²) in [5.74, 6) is 1.61. The molecule has 182 valence electrons. The van der Waals surface area contributed by atoms with Gasteiger partial charge in [0.05, 0.1) is 18.7 Å². The van der Waals surface area contributed by atoms with Crippen LogP contribution in [0.1, 0.15) is 37.5 Å². The lowest BCUT2D eigenvalue weighted by Gasteiger charge is -2.29. The van der Waals surface area contributed by atoms with Crippen molar-refractivity contribution < 1.29 is 14.3 Å². The number of carbonyl (C=O) groups excluding carboxylic acids is 1. The van der Waals surface area contributed by atoms with Gasteiger partial charge in [-0.1, -0.05) is 24.3 Å². The molecule has 0 bridgehead atoms. The first-order valence-corrected chi connectivity index (χ1v) is 12.4. The molecule has 1 aromatic heterocycles. The van der Waals surface area contributed by atoms with Crippen LogP contribution in [0.25, 0.3) is 11.1 Å². The molecule has 36 heavy (non-hydrogen) atoms. The Morgan fingerprint density at radius 3 is 2.86 bits per heavy atom. The molecule has 0 saturated carbocycles. The Morgan fingerprint density at radius 1 is 1.17 bits per heavy atom.